The van der Waals surface area contributed by atoms with Gasteiger partial charge in [0.1, 0.15) is 11.8 Å². The number of likely N-dealkylation sites (N-methyl/N-ethyl adjacent to an activating group) is 1. The van der Waals surface area contributed by atoms with Crippen molar-refractivity contribution in [1.82, 2.24) is 10.2 Å². The van der Waals surface area contributed by atoms with E-state index in [4.69, 9.17) is 4.74 Å². The Bertz CT molecular complexity index is 790. The maximum absolute atomic E-state index is 12.9. The van der Waals surface area contributed by atoms with Gasteiger partial charge in [-0.1, -0.05) is 42.5 Å². The highest BCUT2D eigenvalue weighted by atomic mass is 16.5. The molecule has 0 aromatic heterocycles. The van der Waals surface area contributed by atoms with Gasteiger partial charge in [0.2, 0.25) is 5.91 Å². The van der Waals surface area contributed by atoms with Crippen LogP contribution in [-0.4, -0.2) is 42.5 Å². The zero-order valence-electron chi connectivity index (χ0n) is 17.2. The first-order valence-corrected chi connectivity index (χ1v) is 9.73. The standard InChI is InChI=1S/C23H30N2O3/c1-5-24-23(27)19(4)25(14-13-20-9-7-6-8-10-20)22(26)16-28-21-15-17(2)11-12-18(21)3/h6-12,15,19H,5,13-14,16H2,1-4H3,(H,24,27)/t19-/m0/s1. The lowest BCUT2D eigenvalue weighted by Gasteiger charge is -2.28. The smallest absolute Gasteiger partial charge is 0.261 e. The number of nitrogens with zero attached hydrogens (tertiary/aromatic N) is 1. The monoisotopic (exact) mass is 382 g/mol. The van der Waals surface area contributed by atoms with Gasteiger partial charge in [0.25, 0.3) is 5.91 Å². The molecule has 1 atom stereocenters. The Morgan fingerprint density at radius 3 is 2.50 bits per heavy atom. The number of amides is 2. The van der Waals surface area contributed by atoms with Crippen molar-refractivity contribution in [2.75, 3.05) is 19.7 Å². The fourth-order valence-corrected chi connectivity index (χ4v) is 2.98. The molecule has 0 saturated carbocycles. The molecule has 2 aromatic rings. The lowest BCUT2D eigenvalue weighted by Crippen LogP contribution is -2.50. The van der Waals surface area contributed by atoms with Gasteiger partial charge < -0.3 is 15.0 Å². The summed E-state index contributed by atoms with van der Waals surface area (Å²) < 4.78 is 5.78. The minimum Gasteiger partial charge on any atom is -0.483 e. The maximum Gasteiger partial charge on any atom is 0.261 e. The second kappa shape index (κ2) is 10.5. The van der Waals surface area contributed by atoms with Gasteiger partial charge in [-0.25, -0.2) is 0 Å². The van der Waals surface area contributed by atoms with Crippen molar-refractivity contribution >= 4 is 11.8 Å². The molecule has 0 radical (unpaired) electrons. The van der Waals surface area contributed by atoms with Gasteiger partial charge in [-0.2, -0.15) is 0 Å². The van der Waals surface area contributed by atoms with Gasteiger partial charge in [0.05, 0.1) is 0 Å². The number of benzene rings is 2. The van der Waals surface area contributed by atoms with E-state index in [0.29, 0.717) is 25.3 Å². The van der Waals surface area contributed by atoms with Crippen LogP contribution in [0.5, 0.6) is 5.75 Å². The number of aryl methyl sites for hydroxylation is 2. The molecule has 5 nitrogen and oxygen atoms in total. The van der Waals surface area contributed by atoms with Gasteiger partial charge in [-0.3, -0.25) is 9.59 Å². The van der Waals surface area contributed by atoms with Crippen LogP contribution >= 0.6 is 0 Å². The van der Waals surface area contributed by atoms with Crippen molar-refractivity contribution in [3.63, 3.8) is 0 Å². The molecule has 2 amide bonds. The first-order chi connectivity index (χ1) is 13.4. The highest BCUT2D eigenvalue weighted by molar-refractivity contribution is 5.87. The second-order valence-corrected chi connectivity index (χ2v) is 6.95. The Morgan fingerprint density at radius 2 is 1.82 bits per heavy atom. The van der Waals surface area contributed by atoms with E-state index in [9.17, 15) is 9.59 Å². The van der Waals surface area contributed by atoms with Gasteiger partial charge in [0.15, 0.2) is 6.61 Å². The van der Waals surface area contributed by atoms with Gasteiger partial charge >= 0.3 is 0 Å². The van der Waals surface area contributed by atoms with E-state index in [2.05, 4.69) is 5.32 Å². The summed E-state index contributed by atoms with van der Waals surface area (Å²) in [4.78, 5) is 26.8. The number of carbonyl (C=O) groups excluding carboxylic acids is 2. The Morgan fingerprint density at radius 1 is 1.11 bits per heavy atom. The number of nitrogens with one attached hydrogen (secondary N) is 1. The maximum atomic E-state index is 12.9. The molecule has 0 fully saturated rings. The third kappa shape index (κ3) is 6.12. The lowest BCUT2D eigenvalue weighted by molar-refractivity contribution is -0.141. The van der Waals surface area contributed by atoms with E-state index < -0.39 is 6.04 Å². The summed E-state index contributed by atoms with van der Waals surface area (Å²) in [6, 6.07) is 15.3. The van der Waals surface area contributed by atoms with Crippen LogP contribution in [0.3, 0.4) is 0 Å². The summed E-state index contributed by atoms with van der Waals surface area (Å²) in [5, 5.41) is 2.80. The van der Waals surface area contributed by atoms with Crippen molar-refractivity contribution in [1.29, 1.82) is 0 Å². The van der Waals surface area contributed by atoms with E-state index in [0.717, 1.165) is 16.7 Å². The molecule has 2 rings (SSSR count). The van der Waals surface area contributed by atoms with Crippen molar-refractivity contribution in [2.24, 2.45) is 0 Å². The zero-order chi connectivity index (χ0) is 20.5. The van der Waals surface area contributed by atoms with Gasteiger partial charge in [-0.05, 0) is 56.9 Å². The molecule has 0 aliphatic carbocycles. The summed E-state index contributed by atoms with van der Waals surface area (Å²) in [6.07, 6.45) is 0.680. The average Bonchev–Trinajstić information content (AvgIpc) is 2.69. The number of carbonyl (C=O) groups is 2. The number of ether oxygens (including phenoxy) is 1. The molecule has 0 heterocycles. The van der Waals surface area contributed by atoms with Crippen LogP contribution in [0.2, 0.25) is 0 Å². The lowest BCUT2D eigenvalue weighted by atomic mass is 10.1. The number of hydrogen-bond donors (Lipinski definition) is 1. The number of hydrogen-bond acceptors (Lipinski definition) is 3. The summed E-state index contributed by atoms with van der Waals surface area (Å²) in [5.74, 6) is 0.341. The largest absolute Gasteiger partial charge is 0.483 e. The third-order valence-corrected chi connectivity index (χ3v) is 4.70. The Labute approximate surface area is 167 Å². The predicted molar refractivity (Wildman–Crippen MR) is 111 cm³/mol. The molecular weight excluding hydrogens is 352 g/mol. The second-order valence-electron chi connectivity index (χ2n) is 6.95. The SMILES string of the molecule is CCNC(=O)[C@H](C)N(CCc1ccccc1)C(=O)COc1cc(C)ccc1C. The topological polar surface area (TPSA) is 58.6 Å². The Kier molecular flexibility index (Phi) is 8.05. The van der Waals surface area contributed by atoms with Crippen LogP contribution in [0.1, 0.15) is 30.5 Å². The minimum absolute atomic E-state index is 0.0944. The van der Waals surface area contributed by atoms with Crippen LogP contribution in [0.4, 0.5) is 0 Å². The summed E-state index contributed by atoms with van der Waals surface area (Å²) in [7, 11) is 0. The molecule has 0 unspecified atom stereocenters. The quantitative estimate of drug-likeness (QED) is 0.724. The molecule has 2 aromatic carbocycles. The van der Waals surface area contributed by atoms with Crippen molar-refractivity contribution in [3.8, 4) is 5.75 Å². The summed E-state index contributed by atoms with van der Waals surface area (Å²) >= 11 is 0. The van der Waals surface area contributed by atoms with Crippen LogP contribution in [0, 0.1) is 13.8 Å². The van der Waals surface area contributed by atoms with Crippen LogP contribution in [-0.2, 0) is 16.0 Å². The van der Waals surface area contributed by atoms with E-state index >= 15 is 0 Å². The fraction of sp³-hybridized carbons (Fsp3) is 0.391. The summed E-state index contributed by atoms with van der Waals surface area (Å²) in [6.45, 7) is 8.44. The van der Waals surface area contributed by atoms with E-state index in [1.807, 2.05) is 69.3 Å². The highest BCUT2D eigenvalue weighted by Gasteiger charge is 2.25. The molecule has 0 spiro atoms. The van der Waals surface area contributed by atoms with Gasteiger partial charge in [-0.15, -0.1) is 0 Å². The highest BCUT2D eigenvalue weighted by Crippen LogP contribution is 2.19. The minimum atomic E-state index is -0.557. The van der Waals surface area contributed by atoms with Crippen molar-refractivity contribution in [3.05, 3.63) is 65.2 Å². The normalized spacial score (nSPS) is 11.6. The van der Waals surface area contributed by atoms with Crippen LogP contribution in [0.15, 0.2) is 48.5 Å². The van der Waals surface area contributed by atoms with E-state index in [1.165, 1.54) is 0 Å². The molecule has 0 bridgehead atoms. The van der Waals surface area contributed by atoms with Crippen LogP contribution in [0.25, 0.3) is 0 Å². The average molecular weight is 383 g/mol. The fourth-order valence-electron chi connectivity index (χ4n) is 2.98. The molecule has 0 aliphatic rings. The third-order valence-electron chi connectivity index (χ3n) is 4.70. The van der Waals surface area contributed by atoms with Crippen LogP contribution < -0.4 is 10.1 Å². The number of rotatable bonds is 9. The molecule has 0 aliphatic heterocycles. The van der Waals surface area contributed by atoms with Gasteiger partial charge in [0, 0.05) is 13.1 Å². The van der Waals surface area contributed by atoms with Crippen molar-refractivity contribution in [2.45, 2.75) is 40.2 Å². The molecule has 0 saturated heterocycles. The van der Waals surface area contributed by atoms with E-state index in [-0.39, 0.29) is 18.4 Å². The zero-order valence-corrected chi connectivity index (χ0v) is 17.2. The molecular formula is C23H30N2O3. The molecule has 1 N–H and O–H groups in total. The predicted octanol–water partition coefficient (Wildman–Crippen LogP) is 3.28. The Balaban J connectivity index is 2.08. The summed E-state index contributed by atoms with van der Waals surface area (Å²) in [5.41, 5.74) is 3.18. The van der Waals surface area contributed by atoms with E-state index in [1.54, 1.807) is 11.8 Å². The molecule has 150 valence electrons. The molecule has 28 heavy (non-hydrogen) atoms. The molecule has 5 heteroatoms. The Hall–Kier alpha value is -2.82. The van der Waals surface area contributed by atoms with Crippen molar-refractivity contribution < 1.29 is 14.3 Å². The first kappa shape index (κ1) is 21.5. The first-order valence-electron chi connectivity index (χ1n) is 9.73.